The minimum Gasteiger partial charge on any atom is -0.361 e. The molecule has 23 heavy (non-hydrogen) atoms. The fourth-order valence-electron chi connectivity index (χ4n) is 2.69. The van der Waals surface area contributed by atoms with Gasteiger partial charge in [-0.05, 0) is 60.7 Å². The molecule has 0 fully saturated rings. The van der Waals surface area contributed by atoms with Gasteiger partial charge >= 0.3 is 0 Å². The summed E-state index contributed by atoms with van der Waals surface area (Å²) in [6, 6.07) is 17.5. The fraction of sp³-hybridized carbons (Fsp3) is 0.143. The Labute approximate surface area is 136 Å². The molecule has 1 N–H and O–H groups in total. The molecule has 1 nitrogen and oxygen atoms in total. The Kier molecular flexibility index (Phi) is 4.72. The van der Waals surface area contributed by atoms with Gasteiger partial charge in [0.15, 0.2) is 0 Å². The summed E-state index contributed by atoms with van der Waals surface area (Å²) in [5.41, 5.74) is 4.64. The number of hydrogen-bond donors (Lipinski definition) is 1. The van der Waals surface area contributed by atoms with Gasteiger partial charge in [-0.2, -0.15) is 0 Å². The number of H-pyrrole nitrogens is 1. The van der Waals surface area contributed by atoms with Gasteiger partial charge in [0.2, 0.25) is 0 Å². The van der Waals surface area contributed by atoms with E-state index in [4.69, 9.17) is 0 Å². The maximum Gasteiger partial charge on any atom is 0.133 e. The Bertz CT molecular complexity index is 783. The van der Waals surface area contributed by atoms with Crippen LogP contribution in [0.5, 0.6) is 0 Å². The first kappa shape index (κ1) is 15.3. The SMILES string of the molecule is C/C=C/CCc1ccc(-c2ccc(-c3ccc[nH]3)c(F)c2)cc1. The highest BCUT2D eigenvalue weighted by molar-refractivity contribution is 5.69. The third-order valence-electron chi connectivity index (χ3n) is 3.98. The molecule has 3 aromatic rings. The van der Waals surface area contributed by atoms with Crippen molar-refractivity contribution in [3.63, 3.8) is 0 Å². The fourth-order valence-corrected chi connectivity index (χ4v) is 2.69. The summed E-state index contributed by atoms with van der Waals surface area (Å²) in [6.07, 6.45) is 8.13. The smallest absolute Gasteiger partial charge is 0.133 e. The van der Waals surface area contributed by atoms with E-state index in [1.165, 1.54) is 5.56 Å². The molecule has 0 aliphatic heterocycles. The van der Waals surface area contributed by atoms with E-state index in [-0.39, 0.29) is 5.82 Å². The van der Waals surface area contributed by atoms with Crippen LogP contribution in [0.4, 0.5) is 4.39 Å². The van der Waals surface area contributed by atoms with Crippen molar-refractivity contribution in [2.75, 3.05) is 0 Å². The number of aromatic nitrogens is 1. The molecule has 0 aliphatic carbocycles. The molecule has 1 heterocycles. The normalized spacial score (nSPS) is 11.2. The minimum absolute atomic E-state index is 0.206. The van der Waals surface area contributed by atoms with Crippen molar-refractivity contribution in [1.29, 1.82) is 0 Å². The second kappa shape index (κ2) is 7.10. The van der Waals surface area contributed by atoms with Crippen LogP contribution in [-0.2, 0) is 6.42 Å². The highest BCUT2D eigenvalue weighted by Crippen LogP contribution is 2.27. The van der Waals surface area contributed by atoms with E-state index in [0.29, 0.717) is 5.56 Å². The first-order valence-electron chi connectivity index (χ1n) is 7.91. The van der Waals surface area contributed by atoms with Crippen molar-refractivity contribution in [3.8, 4) is 22.4 Å². The molecule has 0 atom stereocenters. The van der Waals surface area contributed by atoms with Crippen LogP contribution in [0.15, 0.2) is 72.9 Å². The first-order chi connectivity index (χ1) is 11.3. The number of hydrogen-bond acceptors (Lipinski definition) is 0. The molecule has 0 aliphatic rings. The Morgan fingerprint density at radius 2 is 1.78 bits per heavy atom. The monoisotopic (exact) mass is 305 g/mol. The average molecular weight is 305 g/mol. The lowest BCUT2D eigenvalue weighted by atomic mass is 10.00. The van der Waals surface area contributed by atoms with Crippen molar-refractivity contribution in [1.82, 2.24) is 4.98 Å². The van der Waals surface area contributed by atoms with Crippen molar-refractivity contribution in [2.24, 2.45) is 0 Å². The van der Waals surface area contributed by atoms with Crippen molar-refractivity contribution < 1.29 is 4.39 Å². The number of allylic oxidation sites excluding steroid dienone is 2. The zero-order valence-corrected chi connectivity index (χ0v) is 13.2. The van der Waals surface area contributed by atoms with Gasteiger partial charge in [0.1, 0.15) is 5.82 Å². The van der Waals surface area contributed by atoms with Gasteiger partial charge in [0.05, 0.1) is 0 Å². The molecular formula is C21H20FN. The van der Waals surface area contributed by atoms with Gasteiger partial charge < -0.3 is 4.98 Å². The summed E-state index contributed by atoms with van der Waals surface area (Å²) >= 11 is 0. The molecule has 0 saturated carbocycles. The minimum atomic E-state index is -0.206. The van der Waals surface area contributed by atoms with E-state index < -0.39 is 0 Å². The molecule has 2 aromatic carbocycles. The molecule has 2 heteroatoms. The largest absolute Gasteiger partial charge is 0.361 e. The van der Waals surface area contributed by atoms with E-state index in [0.717, 1.165) is 29.7 Å². The van der Waals surface area contributed by atoms with Gasteiger partial charge in [-0.15, -0.1) is 0 Å². The Hall–Kier alpha value is -2.61. The number of nitrogens with one attached hydrogen (secondary N) is 1. The van der Waals surface area contributed by atoms with Gasteiger partial charge in [0.25, 0.3) is 0 Å². The molecule has 0 saturated heterocycles. The summed E-state index contributed by atoms with van der Waals surface area (Å²) in [5, 5.41) is 0. The second-order valence-electron chi connectivity index (χ2n) is 5.58. The lowest BCUT2D eigenvalue weighted by Crippen LogP contribution is -1.88. The van der Waals surface area contributed by atoms with Crippen LogP contribution in [0.2, 0.25) is 0 Å². The van der Waals surface area contributed by atoms with Gasteiger partial charge in [0, 0.05) is 17.5 Å². The van der Waals surface area contributed by atoms with E-state index in [9.17, 15) is 4.39 Å². The molecule has 0 radical (unpaired) electrons. The maximum absolute atomic E-state index is 14.4. The number of aromatic amines is 1. The first-order valence-corrected chi connectivity index (χ1v) is 7.91. The third-order valence-corrected chi connectivity index (χ3v) is 3.98. The highest BCUT2D eigenvalue weighted by Gasteiger charge is 2.08. The van der Waals surface area contributed by atoms with E-state index in [1.54, 1.807) is 12.3 Å². The number of rotatable bonds is 5. The quantitative estimate of drug-likeness (QED) is 0.557. The summed E-state index contributed by atoms with van der Waals surface area (Å²) in [5.74, 6) is -0.206. The average Bonchev–Trinajstić information content (AvgIpc) is 3.10. The summed E-state index contributed by atoms with van der Waals surface area (Å²) < 4.78 is 14.4. The number of benzene rings is 2. The summed E-state index contributed by atoms with van der Waals surface area (Å²) in [4.78, 5) is 3.04. The second-order valence-corrected chi connectivity index (χ2v) is 5.58. The Balaban J connectivity index is 1.80. The zero-order chi connectivity index (χ0) is 16.1. The van der Waals surface area contributed by atoms with Crippen molar-refractivity contribution in [2.45, 2.75) is 19.8 Å². The van der Waals surface area contributed by atoms with Crippen LogP contribution in [0, 0.1) is 5.82 Å². The lowest BCUT2D eigenvalue weighted by Gasteiger charge is -2.07. The Morgan fingerprint density at radius 1 is 1.00 bits per heavy atom. The molecule has 1 aromatic heterocycles. The molecular weight excluding hydrogens is 285 g/mol. The van der Waals surface area contributed by atoms with Crippen LogP contribution < -0.4 is 0 Å². The van der Waals surface area contributed by atoms with Crippen LogP contribution in [0.1, 0.15) is 18.9 Å². The van der Waals surface area contributed by atoms with E-state index in [1.807, 2.05) is 31.2 Å². The lowest BCUT2D eigenvalue weighted by molar-refractivity contribution is 0.631. The van der Waals surface area contributed by atoms with Crippen LogP contribution in [-0.4, -0.2) is 4.98 Å². The van der Waals surface area contributed by atoms with Crippen LogP contribution >= 0.6 is 0 Å². The van der Waals surface area contributed by atoms with Gasteiger partial charge in [-0.1, -0.05) is 42.5 Å². The van der Waals surface area contributed by atoms with Gasteiger partial charge in [-0.25, -0.2) is 4.39 Å². The van der Waals surface area contributed by atoms with E-state index >= 15 is 0 Å². The van der Waals surface area contributed by atoms with Crippen LogP contribution in [0.3, 0.4) is 0 Å². The summed E-state index contributed by atoms with van der Waals surface area (Å²) in [6.45, 7) is 2.04. The molecule has 0 spiro atoms. The number of halogens is 1. The van der Waals surface area contributed by atoms with Gasteiger partial charge in [-0.3, -0.25) is 0 Å². The summed E-state index contributed by atoms with van der Waals surface area (Å²) in [7, 11) is 0. The molecule has 116 valence electrons. The molecule has 0 amide bonds. The predicted molar refractivity (Wildman–Crippen MR) is 94.8 cm³/mol. The third kappa shape index (κ3) is 3.59. The Morgan fingerprint density at radius 3 is 2.43 bits per heavy atom. The standard InChI is InChI=1S/C21H20FN/c1-2-3-4-6-16-8-10-17(11-9-16)18-12-13-19(20(22)15-18)21-7-5-14-23-21/h2-3,5,7-15,23H,4,6H2,1H3/b3-2+. The van der Waals surface area contributed by atoms with E-state index in [2.05, 4.69) is 41.4 Å². The van der Waals surface area contributed by atoms with Crippen molar-refractivity contribution in [3.05, 3.63) is 84.3 Å². The van der Waals surface area contributed by atoms with Crippen molar-refractivity contribution >= 4 is 0 Å². The topological polar surface area (TPSA) is 15.8 Å². The molecule has 0 bridgehead atoms. The maximum atomic E-state index is 14.4. The van der Waals surface area contributed by atoms with Crippen LogP contribution in [0.25, 0.3) is 22.4 Å². The predicted octanol–water partition coefficient (Wildman–Crippen LogP) is 6.00. The molecule has 3 rings (SSSR count). The zero-order valence-electron chi connectivity index (χ0n) is 13.2. The number of aryl methyl sites for hydroxylation is 1. The molecule has 0 unspecified atom stereocenters. The highest BCUT2D eigenvalue weighted by atomic mass is 19.1.